The zero-order valence-electron chi connectivity index (χ0n) is 28.3. The van der Waals surface area contributed by atoms with Gasteiger partial charge < -0.3 is 9.80 Å². The van der Waals surface area contributed by atoms with Gasteiger partial charge in [0.1, 0.15) is 11.6 Å². The first kappa shape index (κ1) is 33.8. The maximum absolute atomic E-state index is 15.1. The molecule has 3 atom stereocenters. The Morgan fingerprint density at radius 3 is 2.20 bits per heavy atom. The normalized spacial score (nSPS) is 23.4. The van der Waals surface area contributed by atoms with Crippen molar-refractivity contribution in [3.63, 3.8) is 0 Å². The van der Waals surface area contributed by atoms with E-state index in [1.165, 1.54) is 23.3 Å². The average Bonchev–Trinajstić information content (AvgIpc) is 3.55. The highest BCUT2D eigenvalue weighted by Gasteiger charge is 2.53. The highest BCUT2D eigenvalue weighted by molar-refractivity contribution is 6.31. The molecule has 0 aromatic heterocycles. The van der Waals surface area contributed by atoms with Crippen molar-refractivity contribution in [1.82, 2.24) is 14.7 Å². The van der Waals surface area contributed by atoms with Crippen LogP contribution in [-0.2, 0) is 15.0 Å². The van der Waals surface area contributed by atoms with E-state index < -0.39 is 23.0 Å². The first-order chi connectivity index (χ1) is 21.0. The molecule has 1 spiro atoms. The van der Waals surface area contributed by atoms with Gasteiger partial charge in [0.25, 0.3) is 0 Å². The Balaban J connectivity index is 1.41. The third-order valence-corrected chi connectivity index (χ3v) is 11.7. The van der Waals surface area contributed by atoms with E-state index in [1.807, 2.05) is 30.6 Å². The second-order valence-corrected chi connectivity index (χ2v) is 15.6. The summed E-state index contributed by atoms with van der Waals surface area (Å²) in [5.74, 6) is -1.71. The molecular formula is C37H50ClF2N3O2. The third kappa shape index (κ3) is 6.04. The number of hydrogen-bond donors (Lipinski definition) is 0. The van der Waals surface area contributed by atoms with Crippen LogP contribution < -0.4 is 0 Å². The largest absolute Gasteiger partial charge is 0.343 e. The van der Waals surface area contributed by atoms with Crippen molar-refractivity contribution < 1.29 is 18.4 Å². The van der Waals surface area contributed by atoms with Crippen LogP contribution in [0, 0.1) is 29.9 Å². The zero-order chi connectivity index (χ0) is 33.1. The van der Waals surface area contributed by atoms with Crippen LogP contribution in [0.3, 0.4) is 0 Å². The number of fused-ring (bicyclic) bond motifs is 2. The van der Waals surface area contributed by atoms with Crippen molar-refractivity contribution in [2.24, 2.45) is 11.3 Å². The minimum atomic E-state index is -0.612. The van der Waals surface area contributed by atoms with Gasteiger partial charge >= 0.3 is 0 Å². The molecule has 0 bridgehead atoms. The second-order valence-electron chi connectivity index (χ2n) is 15.2. The molecule has 0 unspecified atom stereocenters. The number of likely N-dealkylation sites (tertiary alicyclic amines) is 2. The number of aryl methyl sites for hydroxylation is 1. The van der Waals surface area contributed by atoms with E-state index in [4.69, 9.17) is 11.6 Å². The van der Waals surface area contributed by atoms with Crippen molar-refractivity contribution >= 4 is 23.4 Å². The fraction of sp³-hybridized carbons (Fsp3) is 0.622. The summed E-state index contributed by atoms with van der Waals surface area (Å²) in [6.07, 6.45) is 2.40. The summed E-state index contributed by atoms with van der Waals surface area (Å²) < 4.78 is 28.9. The standard InChI is InChI=1S/C37H50ClF2N3O2/c1-9-41(10-2)34(45)36(7,8)30-20-37(29-19-31(38)23(3)17-26(29)30)13-15-42(16-14-37)33(44)28-22-43(35(4,5)6)21-27(28)25-12-11-24(39)18-32(25)40/h11-12,17-19,27-28,30H,9-10,13-16,20-22H2,1-8H3/t27-,28+,30-/m0/s1. The summed E-state index contributed by atoms with van der Waals surface area (Å²) >= 11 is 6.73. The van der Waals surface area contributed by atoms with Crippen LogP contribution >= 0.6 is 11.6 Å². The zero-order valence-corrected chi connectivity index (χ0v) is 29.0. The van der Waals surface area contributed by atoms with Gasteiger partial charge in [-0.25, -0.2) is 8.78 Å². The molecule has 5 nitrogen and oxygen atoms in total. The van der Waals surface area contributed by atoms with E-state index in [-0.39, 0.29) is 34.6 Å². The first-order valence-electron chi connectivity index (χ1n) is 16.6. The van der Waals surface area contributed by atoms with Gasteiger partial charge in [-0.15, -0.1) is 0 Å². The van der Waals surface area contributed by atoms with Crippen molar-refractivity contribution in [1.29, 1.82) is 0 Å². The predicted molar refractivity (Wildman–Crippen MR) is 177 cm³/mol. The van der Waals surface area contributed by atoms with Crippen LogP contribution in [0.1, 0.15) is 102 Å². The molecule has 2 fully saturated rings. The van der Waals surface area contributed by atoms with Crippen LogP contribution in [0.25, 0.3) is 0 Å². The summed E-state index contributed by atoms with van der Waals surface area (Å²) in [6, 6.07) is 8.03. The maximum Gasteiger partial charge on any atom is 0.228 e. The Bertz CT molecular complexity index is 1460. The average molecular weight is 642 g/mol. The van der Waals surface area contributed by atoms with Crippen molar-refractivity contribution in [2.75, 3.05) is 39.3 Å². The Labute approximate surface area is 273 Å². The predicted octanol–water partition coefficient (Wildman–Crippen LogP) is 7.68. The number of halogens is 3. The van der Waals surface area contributed by atoms with Crippen LogP contribution in [0.5, 0.6) is 0 Å². The van der Waals surface area contributed by atoms with E-state index in [0.29, 0.717) is 44.8 Å². The molecule has 0 saturated carbocycles. The fourth-order valence-electron chi connectivity index (χ4n) is 8.36. The molecule has 2 aliphatic heterocycles. The van der Waals surface area contributed by atoms with Crippen molar-refractivity contribution in [3.05, 3.63) is 69.2 Å². The van der Waals surface area contributed by atoms with Gasteiger partial charge in [0.2, 0.25) is 11.8 Å². The van der Waals surface area contributed by atoms with E-state index in [9.17, 15) is 14.0 Å². The molecule has 2 heterocycles. The Kier molecular flexibility index (Phi) is 9.22. The lowest BCUT2D eigenvalue weighted by Gasteiger charge is -2.42. The summed E-state index contributed by atoms with van der Waals surface area (Å²) in [6.45, 7) is 20.2. The molecule has 45 heavy (non-hydrogen) atoms. The molecule has 2 saturated heterocycles. The van der Waals surface area contributed by atoms with Gasteiger partial charge in [-0.05, 0) is 107 Å². The number of nitrogens with zero attached hydrogens (tertiary/aromatic N) is 3. The summed E-state index contributed by atoms with van der Waals surface area (Å²) in [7, 11) is 0. The molecule has 2 aromatic carbocycles. The minimum Gasteiger partial charge on any atom is -0.343 e. The fourth-order valence-corrected chi connectivity index (χ4v) is 8.52. The van der Waals surface area contributed by atoms with Crippen LogP contribution in [-0.4, -0.2) is 71.3 Å². The third-order valence-electron chi connectivity index (χ3n) is 11.3. The number of benzene rings is 2. The number of hydrogen-bond acceptors (Lipinski definition) is 3. The van der Waals surface area contributed by atoms with Crippen LogP contribution in [0.4, 0.5) is 8.78 Å². The lowest BCUT2D eigenvalue weighted by Crippen LogP contribution is -2.48. The van der Waals surface area contributed by atoms with E-state index >= 15 is 4.39 Å². The molecule has 246 valence electrons. The summed E-state index contributed by atoms with van der Waals surface area (Å²) in [5, 5.41) is 0.734. The van der Waals surface area contributed by atoms with Crippen molar-refractivity contribution in [2.45, 2.75) is 97.4 Å². The molecule has 5 rings (SSSR count). The first-order valence-corrected chi connectivity index (χ1v) is 17.0. The Morgan fingerprint density at radius 2 is 1.62 bits per heavy atom. The number of carbonyl (C=O) groups is 2. The van der Waals surface area contributed by atoms with Crippen LogP contribution in [0.15, 0.2) is 30.3 Å². The topological polar surface area (TPSA) is 43.9 Å². The number of amides is 2. The monoisotopic (exact) mass is 641 g/mol. The van der Waals surface area contributed by atoms with Gasteiger partial charge in [0.05, 0.1) is 11.3 Å². The highest BCUT2D eigenvalue weighted by atomic mass is 35.5. The highest BCUT2D eigenvalue weighted by Crippen LogP contribution is 2.58. The minimum absolute atomic E-state index is 0.0408. The van der Waals surface area contributed by atoms with Gasteiger partial charge in [-0.2, -0.15) is 0 Å². The van der Waals surface area contributed by atoms with Gasteiger partial charge in [-0.1, -0.05) is 37.6 Å². The van der Waals surface area contributed by atoms with E-state index in [0.717, 1.165) is 35.9 Å². The van der Waals surface area contributed by atoms with Gasteiger partial charge in [-0.3, -0.25) is 14.5 Å². The summed E-state index contributed by atoms with van der Waals surface area (Å²) in [4.78, 5) is 34.2. The SMILES string of the molecule is CCN(CC)C(=O)C(C)(C)[C@H]1CC2(CCN(C(=O)[C@@H]3CN(C(C)(C)C)C[C@H]3c3ccc(F)cc3F)CC2)c2cc(Cl)c(C)cc21. The smallest absolute Gasteiger partial charge is 0.228 e. The molecule has 3 aliphatic rings. The van der Waals surface area contributed by atoms with Crippen molar-refractivity contribution in [3.8, 4) is 0 Å². The number of rotatable bonds is 6. The van der Waals surface area contributed by atoms with Gasteiger partial charge in [0.15, 0.2) is 0 Å². The Morgan fingerprint density at radius 1 is 0.978 bits per heavy atom. The Hall–Kier alpha value is -2.51. The molecule has 8 heteroatoms. The van der Waals surface area contributed by atoms with Gasteiger partial charge in [0, 0.05) is 61.8 Å². The van der Waals surface area contributed by atoms with Crippen LogP contribution in [0.2, 0.25) is 5.02 Å². The molecule has 2 aromatic rings. The maximum atomic E-state index is 15.1. The molecule has 0 radical (unpaired) electrons. The summed E-state index contributed by atoms with van der Waals surface area (Å²) in [5.41, 5.74) is 2.90. The molecule has 1 aliphatic carbocycles. The second kappa shape index (κ2) is 12.3. The molecule has 2 amide bonds. The lowest BCUT2D eigenvalue weighted by molar-refractivity contribution is -0.141. The number of carbonyl (C=O) groups excluding carboxylic acids is 2. The van der Waals surface area contributed by atoms with E-state index in [1.54, 1.807) is 0 Å². The van der Waals surface area contributed by atoms with E-state index in [2.05, 4.69) is 51.7 Å². The molecular weight excluding hydrogens is 592 g/mol. The molecule has 0 N–H and O–H groups in total. The lowest BCUT2D eigenvalue weighted by atomic mass is 9.69. The quantitative estimate of drug-likeness (QED) is 0.325. The number of piperidine rings is 1.